The van der Waals surface area contributed by atoms with E-state index < -0.39 is 0 Å². The molecule has 0 N–H and O–H groups in total. The summed E-state index contributed by atoms with van der Waals surface area (Å²) in [5, 5.41) is 0.750. The summed E-state index contributed by atoms with van der Waals surface area (Å²) in [7, 11) is 2.16. The number of likely N-dealkylation sites (N-methyl/N-ethyl adjacent to an activating group) is 1. The van der Waals surface area contributed by atoms with Crippen LogP contribution in [-0.4, -0.2) is 31.1 Å². The number of ether oxygens (including phenoxy) is 1. The van der Waals surface area contributed by atoms with Gasteiger partial charge in [-0.1, -0.05) is 11.6 Å². The zero-order chi connectivity index (χ0) is 10.7. The highest BCUT2D eigenvalue weighted by Gasteiger charge is 2.20. The Morgan fingerprint density at radius 1 is 1.40 bits per heavy atom. The molecule has 0 unspecified atom stereocenters. The molecule has 1 atom stereocenters. The van der Waals surface area contributed by atoms with Crippen molar-refractivity contribution in [1.29, 1.82) is 0 Å². The fourth-order valence-electron chi connectivity index (χ4n) is 1.91. The van der Waals surface area contributed by atoms with Crippen molar-refractivity contribution in [2.45, 2.75) is 18.9 Å². The number of rotatable bonds is 3. The molecule has 1 aliphatic rings. The first-order chi connectivity index (χ1) is 7.25. The number of likely N-dealkylation sites (tertiary alicyclic amines) is 1. The maximum absolute atomic E-state index is 5.80. The van der Waals surface area contributed by atoms with Crippen LogP contribution in [0.1, 0.15) is 12.8 Å². The van der Waals surface area contributed by atoms with Crippen molar-refractivity contribution in [1.82, 2.24) is 4.90 Å². The smallest absolute Gasteiger partial charge is 0.119 e. The second-order valence-electron chi connectivity index (χ2n) is 4.04. The van der Waals surface area contributed by atoms with E-state index in [0.29, 0.717) is 6.04 Å². The molecule has 1 aromatic carbocycles. The molecule has 0 spiro atoms. The summed E-state index contributed by atoms with van der Waals surface area (Å²) >= 11 is 5.80. The lowest BCUT2D eigenvalue weighted by molar-refractivity contribution is 0.198. The van der Waals surface area contributed by atoms with Crippen molar-refractivity contribution < 1.29 is 4.74 Å². The number of hydrogen-bond acceptors (Lipinski definition) is 2. The topological polar surface area (TPSA) is 12.5 Å². The lowest BCUT2D eigenvalue weighted by Crippen LogP contribution is -2.30. The van der Waals surface area contributed by atoms with Crippen LogP contribution in [0.3, 0.4) is 0 Å². The van der Waals surface area contributed by atoms with Crippen LogP contribution in [0.5, 0.6) is 5.75 Å². The summed E-state index contributed by atoms with van der Waals surface area (Å²) in [6, 6.07) is 8.11. The summed E-state index contributed by atoms with van der Waals surface area (Å²) in [5.41, 5.74) is 0. The number of nitrogens with zero attached hydrogens (tertiary/aromatic N) is 1. The van der Waals surface area contributed by atoms with Gasteiger partial charge in [-0.25, -0.2) is 0 Å². The molecular weight excluding hydrogens is 210 g/mol. The van der Waals surface area contributed by atoms with Crippen LogP contribution in [0.25, 0.3) is 0 Å². The second kappa shape index (κ2) is 4.86. The Balaban J connectivity index is 1.85. The standard InChI is InChI=1S/C12H16ClNO/c1-14-8-2-3-11(14)9-15-12-6-4-10(13)5-7-12/h4-7,11H,2-3,8-9H2,1H3/t11-/m0/s1. The number of hydrogen-bond donors (Lipinski definition) is 0. The average Bonchev–Trinajstić information content (AvgIpc) is 2.63. The fourth-order valence-corrected chi connectivity index (χ4v) is 2.04. The molecule has 2 rings (SSSR count). The molecule has 1 aliphatic heterocycles. The molecule has 1 aromatic rings. The lowest BCUT2D eigenvalue weighted by atomic mass is 10.2. The van der Waals surface area contributed by atoms with Gasteiger partial charge in [-0.05, 0) is 50.7 Å². The summed E-state index contributed by atoms with van der Waals surface area (Å²) in [6.45, 7) is 1.97. The van der Waals surface area contributed by atoms with Crippen molar-refractivity contribution in [3.05, 3.63) is 29.3 Å². The van der Waals surface area contributed by atoms with Crippen LogP contribution in [0, 0.1) is 0 Å². The molecule has 2 nitrogen and oxygen atoms in total. The van der Waals surface area contributed by atoms with Crippen molar-refractivity contribution in [2.24, 2.45) is 0 Å². The molecule has 0 radical (unpaired) electrons. The minimum absolute atomic E-state index is 0.570. The Hall–Kier alpha value is -0.730. The minimum atomic E-state index is 0.570. The van der Waals surface area contributed by atoms with Crippen LogP contribution >= 0.6 is 11.6 Å². The Bertz CT molecular complexity index is 312. The van der Waals surface area contributed by atoms with Gasteiger partial charge in [0, 0.05) is 11.1 Å². The SMILES string of the molecule is CN1CCC[C@H]1COc1ccc(Cl)cc1. The first-order valence-electron chi connectivity index (χ1n) is 5.34. The van der Waals surface area contributed by atoms with Crippen molar-refractivity contribution in [3.8, 4) is 5.75 Å². The Morgan fingerprint density at radius 2 is 2.13 bits per heavy atom. The first-order valence-corrected chi connectivity index (χ1v) is 5.72. The third-order valence-corrected chi connectivity index (χ3v) is 3.18. The highest BCUT2D eigenvalue weighted by atomic mass is 35.5. The zero-order valence-electron chi connectivity index (χ0n) is 8.95. The number of halogens is 1. The normalized spacial score (nSPS) is 21.9. The Morgan fingerprint density at radius 3 is 2.73 bits per heavy atom. The van der Waals surface area contributed by atoms with E-state index >= 15 is 0 Å². The highest BCUT2D eigenvalue weighted by molar-refractivity contribution is 6.30. The second-order valence-corrected chi connectivity index (χ2v) is 4.48. The van der Waals surface area contributed by atoms with Crippen LogP contribution < -0.4 is 4.74 Å². The zero-order valence-corrected chi connectivity index (χ0v) is 9.70. The van der Waals surface area contributed by atoms with E-state index in [0.717, 1.165) is 17.4 Å². The van der Waals surface area contributed by atoms with E-state index in [9.17, 15) is 0 Å². The summed E-state index contributed by atoms with van der Waals surface area (Å²) in [6.07, 6.45) is 2.52. The van der Waals surface area contributed by atoms with Gasteiger partial charge in [0.1, 0.15) is 12.4 Å². The fraction of sp³-hybridized carbons (Fsp3) is 0.500. The predicted octanol–water partition coefficient (Wildman–Crippen LogP) is 2.81. The maximum Gasteiger partial charge on any atom is 0.119 e. The van der Waals surface area contributed by atoms with Crippen molar-refractivity contribution in [3.63, 3.8) is 0 Å². The van der Waals surface area contributed by atoms with Crippen LogP contribution in [0.15, 0.2) is 24.3 Å². The van der Waals surface area contributed by atoms with Gasteiger partial charge in [-0.2, -0.15) is 0 Å². The third kappa shape index (κ3) is 2.86. The van der Waals surface area contributed by atoms with Crippen LogP contribution in [0.2, 0.25) is 5.02 Å². The van der Waals surface area contributed by atoms with E-state index in [2.05, 4.69) is 11.9 Å². The lowest BCUT2D eigenvalue weighted by Gasteiger charge is -2.19. The monoisotopic (exact) mass is 225 g/mol. The molecule has 0 saturated carbocycles. The molecule has 1 fully saturated rings. The predicted molar refractivity (Wildman–Crippen MR) is 62.6 cm³/mol. The van der Waals surface area contributed by atoms with E-state index in [1.54, 1.807) is 0 Å². The van der Waals surface area contributed by atoms with Gasteiger partial charge in [-0.3, -0.25) is 0 Å². The molecule has 0 bridgehead atoms. The van der Waals surface area contributed by atoms with Gasteiger partial charge in [0.2, 0.25) is 0 Å². The molecular formula is C12H16ClNO. The summed E-state index contributed by atoms with van der Waals surface area (Å²) < 4.78 is 5.72. The molecule has 0 aliphatic carbocycles. The van der Waals surface area contributed by atoms with Gasteiger partial charge in [-0.15, -0.1) is 0 Å². The molecule has 3 heteroatoms. The Kier molecular flexibility index (Phi) is 3.49. The maximum atomic E-state index is 5.80. The molecule has 82 valence electrons. The molecule has 0 aromatic heterocycles. The number of benzene rings is 1. The van der Waals surface area contributed by atoms with E-state index in [4.69, 9.17) is 16.3 Å². The Labute approximate surface area is 95.8 Å². The van der Waals surface area contributed by atoms with Gasteiger partial charge < -0.3 is 9.64 Å². The van der Waals surface area contributed by atoms with Crippen molar-refractivity contribution >= 4 is 11.6 Å². The van der Waals surface area contributed by atoms with Crippen molar-refractivity contribution in [2.75, 3.05) is 20.2 Å². The third-order valence-electron chi connectivity index (χ3n) is 2.93. The van der Waals surface area contributed by atoms with Crippen LogP contribution in [-0.2, 0) is 0 Å². The molecule has 0 amide bonds. The van der Waals surface area contributed by atoms with E-state index in [1.165, 1.54) is 19.4 Å². The quantitative estimate of drug-likeness (QED) is 0.785. The van der Waals surface area contributed by atoms with Gasteiger partial charge in [0.15, 0.2) is 0 Å². The van der Waals surface area contributed by atoms with E-state index in [1.807, 2.05) is 24.3 Å². The van der Waals surface area contributed by atoms with Gasteiger partial charge in [0.25, 0.3) is 0 Å². The largest absolute Gasteiger partial charge is 0.492 e. The molecule has 1 heterocycles. The van der Waals surface area contributed by atoms with Gasteiger partial charge in [0.05, 0.1) is 0 Å². The summed E-state index contributed by atoms with van der Waals surface area (Å²) in [4.78, 5) is 2.36. The average molecular weight is 226 g/mol. The highest BCUT2D eigenvalue weighted by Crippen LogP contribution is 2.19. The van der Waals surface area contributed by atoms with E-state index in [-0.39, 0.29) is 0 Å². The van der Waals surface area contributed by atoms with Gasteiger partial charge >= 0.3 is 0 Å². The summed E-state index contributed by atoms with van der Waals surface area (Å²) in [5.74, 6) is 0.903. The first kappa shape index (κ1) is 10.8. The molecule has 15 heavy (non-hydrogen) atoms. The van der Waals surface area contributed by atoms with Crippen LogP contribution in [0.4, 0.5) is 0 Å². The minimum Gasteiger partial charge on any atom is -0.492 e. The molecule has 1 saturated heterocycles.